The van der Waals surface area contributed by atoms with Crippen LogP contribution in [0, 0.1) is 0 Å². The van der Waals surface area contributed by atoms with Gasteiger partial charge in [0.15, 0.2) is 0 Å². The minimum absolute atomic E-state index is 0.0365. The van der Waals surface area contributed by atoms with Crippen LogP contribution in [0.2, 0.25) is 0 Å². The summed E-state index contributed by atoms with van der Waals surface area (Å²) in [7, 11) is 0. The normalized spacial score (nSPS) is 18.2. The first-order chi connectivity index (χ1) is 8.63. The lowest BCUT2D eigenvalue weighted by molar-refractivity contribution is -0.138. The van der Waals surface area contributed by atoms with Crippen LogP contribution in [0.1, 0.15) is 28.9 Å². The van der Waals surface area contributed by atoms with Crippen molar-refractivity contribution < 1.29 is 19.4 Å². The van der Waals surface area contributed by atoms with Gasteiger partial charge < -0.3 is 15.2 Å². The molecule has 5 heteroatoms. The molecule has 1 aromatic carbocycles. The molecule has 1 aromatic rings. The molecule has 0 saturated carbocycles. The summed E-state index contributed by atoms with van der Waals surface area (Å²) in [6.07, 6.45) is 0.265. The molecule has 1 heterocycles. The predicted octanol–water partition coefficient (Wildman–Crippen LogP) is 0.910. The molecule has 1 amide bonds. The van der Waals surface area contributed by atoms with E-state index in [0.29, 0.717) is 11.1 Å². The van der Waals surface area contributed by atoms with Gasteiger partial charge in [0.1, 0.15) is 11.8 Å². The van der Waals surface area contributed by atoms with Gasteiger partial charge in [-0.15, -0.1) is 0 Å². The van der Waals surface area contributed by atoms with Crippen LogP contribution in [0.5, 0.6) is 0 Å². The second-order valence-electron chi connectivity index (χ2n) is 3.79. The highest BCUT2D eigenvalue weighted by Crippen LogP contribution is 2.23. The Hall–Kier alpha value is -2.14. The number of amides is 1. The van der Waals surface area contributed by atoms with Gasteiger partial charge in [0.25, 0.3) is 5.91 Å². The molecule has 0 fully saturated rings. The van der Waals surface area contributed by atoms with E-state index >= 15 is 0 Å². The maximum Gasteiger partial charge on any atom is 0.354 e. The quantitative estimate of drug-likeness (QED) is 0.762. The average molecular weight is 247 g/mol. The summed E-state index contributed by atoms with van der Waals surface area (Å²) in [5, 5.41) is 12.4. The Bertz CT molecular complexity index is 521. The van der Waals surface area contributed by atoms with E-state index < -0.39 is 18.0 Å². The first-order valence-electron chi connectivity index (χ1n) is 5.60. The minimum atomic E-state index is -1.01. The van der Waals surface area contributed by atoms with Gasteiger partial charge in [-0.3, -0.25) is 4.79 Å². The van der Waals surface area contributed by atoms with Crippen molar-refractivity contribution in [1.29, 1.82) is 0 Å². The Kier molecular flexibility index (Phi) is 3.43. The van der Waals surface area contributed by atoms with Gasteiger partial charge in [0.2, 0.25) is 0 Å². The van der Waals surface area contributed by atoms with E-state index in [2.05, 4.69) is 5.32 Å². The van der Waals surface area contributed by atoms with Crippen molar-refractivity contribution in [2.45, 2.75) is 13.0 Å². The first kappa shape index (κ1) is 12.3. The standard InChI is InChI=1S/C13H13NO4/c1-2-18-13(17)10-7-11(15)8-5-3-4-6-9(8)12(16)14-10/h3-7,11,15H,2H2,1H3,(H,14,16). The summed E-state index contributed by atoms with van der Waals surface area (Å²) in [6.45, 7) is 1.87. The SMILES string of the molecule is CCOC(=O)C1=CC(O)c2ccccc2C(=O)N1. The molecule has 0 saturated heterocycles. The summed E-state index contributed by atoms with van der Waals surface area (Å²) in [5.74, 6) is -1.08. The van der Waals surface area contributed by atoms with Crippen LogP contribution >= 0.6 is 0 Å². The third-order valence-electron chi connectivity index (χ3n) is 2.59. The van der Waals surface area contributed by atoms with Gasteiger partial charge in [-0.25, -0.2) is 4.79 Å². The van der Waals surface area contributed by atoms with Crippen molar-refractivity contribution in [3.8, 4) is 0 Å². The first-order valence-corrected chi connectivity index (χ1v) is 5.60. The van der Waals surface area contributed by atoms with Gasteiger partial charge in [-0.2, -0.15) is 0 Å². The maximum atomic E-state index is 11.9. The van der Waals surface area contributed by atoms with E-state index in [9.17, 15) is 14.7 Å². The minimum Gasteiger partial charge on any atom is -0.461 e. The zero-order valence-electron chi connectivity index (χ0n) is 9.84. The zero-order chi connectivity index (χ0) is 13.1. The lowest BCUT2D eigenvalue weighted by Crippen LogP contribution is -2.27. The molecule has 1 atom stereocenters. The largest absolute Gasteiger partial charge is 0.461 e. The van der Waals surface area contributed by atoms with Crippen LogP contribution in [0.4, 0.5) is 0 Å². The number of carbonyl (C=O) groups is 2. The number of carbonyl (C=O) groups excluding carboxylic acids is 2. The highest BCUT2D eigenvalue weighted by Gasteiger charge is 2.24. The monoisotopic (exact) mass is 247 g/mol. The molecule has 1 aliphatic rings. The van der Waals surface area contributed by atoms with E-state index in [4.69, 9.17) is 4.74 Å². The topological polar surface area (TPSA) is 75.6 Å². The fourth-order valence-electron chi connectivity index (χ4n) is 1.77. The summed E-state index contributed by atoms with van der Waals surface area (Å²) >= 11 is 0. The highest BCUT2D eigenvalue weighted by molar-refractivity contribution is 6.03. The molecule has 0 radical (unpaired) electrons. The Balaban J connectivity index is 2.38. The summed E-state index contributed by atoms with van der Waals surface area (Å²) in [6, 6.07) is 6.65. The number of esters is 1. The van der Waals surface area contributed by atoms with Crippen LogP contribution in [-0.4, -0.2) is 23.6 Å². The highest BCUT2D eigenvalue weighted by atomic mass is 16.5. The van der Waals surface area contributed by atoms with Crippen LogP contribution in [-0.2, 0) is 9.53 Å². The second-order valence-corrected chi connectivity index (χ2v) is 3.79. The summed E-state index contributed by atoms with van der Waals surface area (Å²) in [4.78, 5) is 23.5. The number of benzene rings is 1. The molecular formula is C13H13NO4. The van der Waals surface area contributed by atoms with Crippen molar-refractivity contribution in [3.05, 3.63) is 47.2 Å². The number of ether oxygens (including phenoxy) is 1. The Morgan fingerprint density at radius 2 is 2.17 bits per heavy atom. The van der Waals surface area contributed by atoms with Crippen molar-refractivity contribution >= 4 is 11.9 Å². The molecule has 1 unspecified atom stereocenters. The number of fused-ring (bicyclic) bond motifs is 1. The molecule has 18 heavy (non-hydrogen) atoms. The molecule has 0 bridgehead atoms. The van der Waals surface area contributed by atoms with Crippen molar-refractivity contribution in [2.75, 3.05) is 6.61 Å². The van der Waals surface area contributed by atoms with Gasteiger partial charge >= 0.3 is 5.97 Å². The fraction of sp³-hybridized carbons (Fsp3) is 0.231. The third-order valence-corrected chi connectivity index (χ3v) is 2.59. The van der Waals surface area contributed by atoms with Crippen LogP contribution in [0.3, 0.4) is 0 Å². The van der Waals surface area contributed by atoms with E-state index in [-0.39, 0.29) is 12.3 Å². The van der Waals surface area contributed by atoms with Crippen molar-refractivity contribution in [1.82, 2.24) is 5.32 Å². The molecule has 0 aliphatic carbocycles. The number of hydrogen-bond donors (Lipinski definition) is 2. The van der Waals surface area contributed by atoms with Crippen LogP contribution in [0.25, 0.3) is 0 Å². The third kappa shape index (κ3) is 2.26. The average Bonchev–Trinajstić information content (AvgIpc) is 2.49. The maximum absolute atomic E-state index is 11.9. The van der Waals surface area contributed by atoms with Gasteiger partial charge in [-0.1, -0.05) is 18.2 Å². The van der Waals surface area contributed by atoms with Crippen LogP contribution < -0.4 is 5.32 Å². The number of aliphatic hydroxyl groups excluding tert-OH is 1. The number of nitrogens with one attached hydrogen (secondary N) is 1. The molecule has 0 spiro atoms. The van der Waals surface area contributed by atoms with E-state index in [1.165, 1.54) is 6.08 Å². The second kappa shape index (κ2) is 5.01. The van der Waals surface area contributed by atoms with Crippen molar-refractivity contribution in [3.63, 3.8) is 0 Å². The van der Waals surface area contributed by atoms with Gasteiger partial charge in [-0.05, 0) is 24.6 Å². The Labute approximate surface area is 104 Å². The molecule has 5 nitrogen and oxygen atoms in total. The molecule has 2 N–H and O–H groups in total. The Morgan fingerprint density at radius 3 is 2.89 bits per heavy atom. The molecule has 0 aromatic heterocycles. The zero-order valence-corrected chi connectivity index (χ0v) is 9.84. The summed E-state index contributed by atoms with van der Waals surface area (Å²) < 4.78 is 4.80. The summed E-state index contributed by atoms with van der Waals surface area (Å²) in [5.41, 5.74) is 0.778. The number of aliphatic hydroxyl groups is 1. The molecule has 2 rings (SSSR count). The van der Waals surface area contributed by atoms with Crippen molar-refractivity contribution in [2.24, 2.45) is 0 Å². The Morgan fingerprint density at radius 1 is 1.44 bits per heavy atom. The van der Waals surface area contributed by atoms with E-state index in [1.807, 2.05) is 0 Å². The van der Waals surface area contributed by atoms with Gasteiger partial charge in [0.05, 0.1) is 6.61 Å². The fourth-order valence-corrected chi connectivity index (χ4v) is 1.77. The molecule has 1 aliphatic heterocycles. The lowest BCUT2D eigenvalue weighted by Gasteiger charge is -2.07. The van der Waals surface area contributed by atoms with Crippen LogP contribution in [0.15, 0.2) is 36.0 Å². The lowest BCUT2D eigenvalue weighted by atomic mass is 10.0. The van der Waals surface area contributed by atoms with E-state index in [1.54, 1.807) is 31.2 Å². The molecular weight excluding hydrogens is 234 g/mol. The van der Waals surface area contributed by atoms with E-state index in [0.717, 1.165) is 0 Å². The number of hydrogen-bond acceptors (Lipinski definition) is 4. The predicted molar refractivity (Wildman–Crippen MR) is 63.6 cm³/mol. The van der Waals surface area contributed by atoms with Gasteiger partial charge in [0, 0.05) is 5.56 Å². The number of rotatable bonds is 2. The smallest absolute Gasteiger partial charge is 0.354 e. The molecule has 94 valence electrons.